The van der Waals surface area contributed by atoms with Gasteiger partial charge in [-0.25, -0.2) is 4.98 Å². The summed E-state index contributed by atoms with van der Waals surface area (Å²) >= 11 is 0. The first-order valence-corrected chi connectivity index (χ1v) is 9.42. The maximum absolute atomic E-state index is 12.7. The van der Waals surface area contributed by atoms with Crippen molar-refractivity contribution < 1.29 is 9.53 Å². The van der Waals surface area contributed by atoms with E-state index in [0.29, 0.717) is 24.5 Å². The second-order valence-corrected chi connectivity index (χ2v) is 7.35. The molecule has 0 radical (unpaired) electrons. The van der Waals surface area contributed by atoms with Crippen molar-refractivity contribution in [1.82, 2.24) is 19.7 Å². The normalized spacial score (nSPS) is 14.1. The van der Waals surface area contributed by atoms with Gasteiger partial charge in [0, 0.05) is 18.2 Å². The van der Waals surface area contributed by atoms with Crippen molar-refractivity contribution in [1.29, 1.82) is 0 Å². The van der Waals surface area contributed by atoms with E-state index in [9.17, 15) is 4.79 Å². The zero-order chi connectivity index (χ0) is 19.8. The van der Waals surface area contributed by atoms with Crippen molar-refractivity contribution in [3.05, 3.63) is 65.0 Å². The second-order valence-electron chi connectivity index (χ2n) is 7.35. The molecule has 0 atom stereocenters. The molecule has 2 aromatic carbocycles. The van der Waals surface area contributed by atoms with Gasteiger partial charge in [0.05, 0.1) is 13.1 Å². The smallest absolute Gasteiger partial charge is 0.254 e. The largest absolute Gasteiger partial charge is 0.486 e. The number of aryl methyl sites for hydroxylation is 4. The molecule has 0 saturated carbocycles. The lowest BCUT2D eigenvalue weighted by molar-refractivity contribution is 0.0173. The van der Waals surface area contributed by atoms with Crippen LogP contribution < -0.4 is 4.74 Å². The first-order valence-electron chi connectivity index (χ1n) is 9.42. The van der Waals surface area contributed by atoms with Gasteiger partial charge in [-0.05, 0) is 44.0 Å². The number of amides is 1. The molecule has 1 amide bonds. The molecular formula is C22H24N4O2. The topological polar surface area (TPSA) is 60.2 Å². The number of aromatic nitrogens is 3. The lowest BCUT2D eigenvalue weighted by Gasteiger charge is -2.39. The lowest BCUT2D eigenvalue weighted by Crippen LogP contribution is -2.56. The Labute approximate surface area is 164 Å². The van der Waals surface area contributed by atoms with Crippen LogP contribution in [0, 0.1) is 20.8 Å². The summed E-state index contributed by atoms with van der Waals surface area (Å²) < 4.78 is 7.85. The number of ether oxygens (including phenoxy) is 1. The number of nitrogens with zero attached hydrogens (tertiary/aromatic N) is 4. The lowest BCUT2D eigenvalue weighted by atomic mass is 10.1. The maximum Gasteiger partial charge on any atom is 0.254 e. The third-order valence-corrected chi connectivity index (χ3v) is 5.20. The Morgan fingerprint density at radius 1 is 1.04 bits per heavy atom. The van der Waals surface area contributed by atoms with Gasteiger partial charge in [-0.15, -0.1) is 0 Å². The second kappa shape index (κ2) is 7.11. The van der Waals surface area contributed by atoms with Crippen LogP contribution in [0.5, 0.6) is 5.75 Å². The van der Waals surface area contributed by atoms with Gasteiger partial charge in [-0.1, -0.05) is 30.3 Å². The molecule has 1 aliphatic heterocycles. The monoisotopic (exact) mass is 376 g/mol. The quantitative estimate of drug-likeness (QED) is 0.701. The molecule has 0 spiro atoms. The molecule has 3 aromatic rings. The van der Waals surface area contributed by atoms with Crippen LogP contribution in [-0.2, 0) is 7.05 Å². The SMILES string of the molecule is Cc1cccc(C)c1OC1CN(C(=O)c2ccc(-c3nc(C)n(C)n3)cc2)C1. The Morgan fingerprint density at radius 2 is 1.68 bits per heavy atom. The summed E-state index contributed by atoms with van der Waals surface area (Å²) in [4.78, 5) is 18.9. The van der Waals surface area contributed by atoms with Crippen molar-refractivity contribution in [2.45, 2.75) is 26.9 Å². The molecule has 0 aliphatic carbocycles. The average Bonchev–Trinajstić information content (AvgIpc) is 2.98. The van der Waals surface area contributed by atoms with E-state index in [2.05, 4.69) is 10.1 Å². The molecular weight excluding hydrogens is 352 g/mol. The van der Waals surface area contributed by atoms with E-state index in [1.807, 2.05) is 75.2 Å². The van der Waals surface area contributed by atoms with E-state index in [1.54, 1.807) is 4.68 Å². The number of likely N-dealkylation sites (tertiary alicyclic amines) is 1. The number of para-hydroxylation sites is 1. The summed E-state index contributed by atoms with van der Waals surface area (Å²) in [7, 11) is 1.87. The minimum absolute atomic E-state index is 0.0260. The van der Waals surface area contributed by atoms with Gasteiger partial charge in [-0.3, -0.25) is 9.48 Å². The predicted molar refractivity (Wildman–Crippen MR) is 107 cm³/mol. The predicted octanol–water partition coefficient (Wildman–Crippen LogP) is 3.31. The first kappa shape index (κ1) is 18.2. The third-order valence-electron chi connectivity index (χ3n) is 5.20. The van der Waals surface area contributed by atoms with Crippen LogP contribution in [-0.4, -0.2) is 44.8 Å². The number of carbonyl (C=O) groups is 1. The molecule has 0 N–H and O–H groups in total. The summed E-state index contributed by atoms with van der Waals surface area (Å²) in [5, 5.41) is 4.38. The summed E-state index contributed by atoms with van der Waals surface area (Å²) in [6.45, 7) is 7.22. The molecule has 0 bridgehead atoms. The zero-order valence-corrected chi connectivity index (χ0v) is 16.6. The van der Waals surface area contributed by atoms with Crippen LogP contribution in [0.3, 0.4) is 0 Å². The van der Waals surface area contributed by atoms with Gasteiger partial charge in [0.25, 0.3) is 5.91 Å². The molecule has 6 nitrogen and oxygen atoms in total. The molecule has 1 aliphatic rings. The van der Waals surface area contributed by atoms with Crippen LogP contribution >= 0.6 is 0 Å². The molecule has 1 saturated heterocycles. The standard InChI is InChI=1S/C22H24N4O2/c1-14-6-5-7-15(2)20(14)28-19-12-26(13-19)22(27)18-10-8-17(9-11-18)21-23-16(3)25(4)24-21/h5-11,19H,12-13H2,1-4H3. The van der Waals surface area contributed by atoms with Gasteiger partial charge in [0.2, 0.25) is 0 Å². The number of benzene rings is 2. The summed E-state index contributed by atoms with van der Waals surface area (Å²) in [5.41, 5.74) is 3.82. The van der Waals surface area contributed by atoms with Crippen LogP contribution in [0.2, 0.25) is 0 Å². The van der Waals surface area contributed by atoms with Gasteiger partial charge in [-0.2, -0.15) is 5.10 Å². The zero-order valence-electron chi connectivity index (χ0n) is 16.6. The fourth-order valence-electron chi connectivity index (χ4n) is 3.36. The number of rotatable bonds is 4. The van der Waals surface area contributed by atoms with Crippen LogP contribution in [0.15, 0.2) is 42.5 Å². The van der Waals surface area contributed by atoms with E-state index < -0.39 is 0 Å². The van der Waals surface area contributed by atoms with E-state index in [-0.39, 0.29) is 12.0 Å². The molecule has 6 heteroatoms. The van der Waals surface area contributed by atoms with Crippen LogP contribution in [0.1, 0.15) is 27.3 Å². The van der Waals surface area contributed by atoms with Crippen LogP contribution in [0.4, 0.5) is 0 Å². The minimum Gasteiger partial charge on any atom is -0.486 e. The Kier molecular flexibility index (Phi) is 4.63. The summed E-state index contributed by atoms with van der Waals surface area (Å²) in [6.07, 6.45) is 0.0451. The highest BCUT2D eigenvalue weighted by atomic mass is 16.5. The van der Waals surface area contributed by atoms with Crippen molar-refractivity contribution in [3.8, 4) is 17.1 Å². The average molecular weight is 376 g/mol. The molecule has 4 rings (SSSR count). The fraction of sp³-hybridized carbons (Fsp3) is 0.318. The highest BCUT2D eigenvalue weighted by molar-refractivity contribution is 5.95. The van der Waals surface area contributed by atoms with Gasteiger partial charge >= 0.3 is 0 Å². The molecule has 0 unspecified atom stereocenters. The van der Waals surface area contributed by atoms with Gasteiger partial charge in [0.15, 0.2) is 5.82 Å². The van der Waals surface area contributed by atoms with Crippen molar-refractivity contribution in [3.63, 3.8) is 0 Å². The highest BCUT2D eigenvalue weighted by Gasteiger charge is 2.33. The van der Waals surface area contributed by atoms with Crippen LogP contribution in [0.25, 0.3) is 11.4 Å². The number of carbonyl (C=O) groups excluding carboxylic acids is 1. The van der Waals surface area contributed by atoms with E-state index in [1.165, 1.54) is 0 Å². The summed E-state index contributed by atoms with van der Waals surface area (Å²) in [5.74, 6) is 2.48. The fourth-order valence-corrected chi connectivity index (χ4v) is 3.36. The van der Waals surface area contributed by atoms with Crippen molar-refractivity contribution >= 4 is 5.91 Å². The molecule has 144 valence electrons. The Hall–Kier alpha value is -3.15. The molecule has 28 heavy (non-hydrogen) atoms. The van der Waals surface area contributed by atoms with Crippen molar-refractivity contribution in [2.24, 2.45) is 7.05 Å². The van der Waals surface area contributed by atoms with E-state index in [0.717, 1.165) is 28.3 Å². The molecule has 1 aromatic heterocycles. The third kappa shape index (κ3) is 3.38. The summed E-state index contributed by atoms with van der Waals surface area (Å²) in [6, 6.07) is 13.6. The first-order chi connectivity index (χ1) is 13.4. The Bertz CT molecular complexity index is 978. The number of hydrogen-bond acceptors (Lipinski definition) is 4. The molecule has 2 heterocycles. The maximum atomic E-state index is 12.7. The Balaban J connectivity index is 1.38. The van der Waals surface area contributed by atoms with E-state index >= 15 is 0 Å². The minimum atomic E-state index is 0.0260. The van der Waals surface area contributed by atoms with Crippen molar-refractivity contribution in [2.75, 3.05) is 13.1 Å². The van der Waals surface area contributed by atoms with Gasteiger partial charge < -0.3 is 9.64 Å². The number of hydrogen-bond donors (Lipinski definition) is 0. The Morgan fingerprint density at radius 3 is 2.25 bits per heavy atom. The van der Waals surface area contributed by atoms with E-state index in [4.69, 9.17) is 4.74 Å². The van der Waals surface area contributed by atoms with Gasteiger partial charge in [0.1, 0.15) is 17.7 Å². The highest BCUT2D eigenvalue weighted by Crippen LogP contribution is 2.27. The molecule has 1 fully saturated rings.